The van der Waals surface area contributed by atoms with E-state index in [1.165, 1.54) is 6.07 Å². The Hall–Kier alpha value is -2.27. The maximum absolute atomic E-state index is 10.4. The van der Waals surface area contributed by atoms with Gasteiger partial charge in [-0.1, -0.05) is 11.6 Å². The Labute approximate surface area is 139 Å². The normalized spacial score (nSPS) is 11.4. The minimum atomic E-state index is 0.110. The number of methoxy groups -OCH3 is 1. The number of hydrogen-bond acceptors (Lipinski definition) is 4. The molecular formula is C17H18ClN3O2. The number of nitrogens with zero attached hydrogens (tertiary/aromatic N) is 3. The van der Waals surface area contributed by atoms with Gasteiger partial charge in [0.2, 0.25) is 5.88 Å². The zero-order valence-electron chi connectivity index (χ0n) is 13.5. The first-order chi connectivity index (χ1) is 10.9. The summed E-state index contributed by atoms with van der Waals surface area (Å²) in [6.45, 7) is 6.03. The first-order valence-electron chi connectivity index (χ1n) is 7.34. The van der Waals surface area contributed by atoms with Crippen LogP contribution < -0.4 is 4.74 Å². The number of ether oxygens (including phenoxy) is 1. The van der Waals surface area contributed by atoms with Crippen LogP contribution in [0.5, 0.6) is 11.6 Å². The van der Waals surface area contributed by atoms with Crippen molar-refractivity contribution in [1.29, 1.82) is 0 Å². The van der Waals surface area contributed by atoms with Crippen molar-refractivity contribution in [3.8, 4) is 23.0 Å². The number of aromatic hydroxyl groups is 1. The Bertz CT molecular complexity index is 864. The van der Waals surface area contributed by atoms with Gasteiger partial charge in [0, 0.05) is 17.1 Å². The second-order valence-electron chi connectivity index (χ2n) is 5.71. The number of phenols is 1. The van der Waals surface area contributed by atoms with Crippen LogP contribution in [0.15, 0.2) is 24.3 Å². The van der Waals surface area contributed by atoms with Crippen LogP contribution in [0.25, 0.3) is 22.6 Å². The highest BCUT2D eigenvalue weighted by Crippen LogP contribution is 2.37. The maximum Gasteiger partial charge on any atom is 0.215 e. The third-order valence-electron chi connectivity index (χ3n) is 3.76. The second kappa shape index (κ2) is 5.74. The Balaban J connectivity index is 2.35. The van der Waals surface area contributed by atoms with Crippen molar-refractivity contribution in [2.24, 2.45) is 0 Å². The number of phenolic OH excluding ortho intramolecular Hbond substituents is 1. The van der Waals surface area contributed by atoms with E-state index in [4.69, 9.17) is 16.3 Å². The molecule has 0 amide bonds. The third kappa shape index (κ3) is 2.61. The van der Waals surface area contributed by atoms with Crippen molar-refractivity contribution in [1.82, 2.24) is 14.5 Å². The van der Waals surface area contributed by atoms with Crippen LogP contribution in [0.2, 0.25) is 5.02 Å². The molecule has 2 heterocycles. The monoisotopic (exact) mass is 331 g/mol. The number of rotatable bonds is 3. The molecule has 3 aromatic rings. The number of aromatic nitrogens is 3. The highest BCUT2D eigenvalue weighted by molar-refractivity contribution is 6.31. The molecule has 3 rings (SSSR count). The second-order valence-corrected chi connectivity index (χ2v) is 6.15. The van der Waals surface area contributed by atoms with E-state index in [0.717, 1.165) is 11.1 Å². The molecule has 0 spiro atoms. The van der Waals surface area contributed by atoms with E-state index >= 15 is 0 Å². The van der Waals surface area contributed by atoms with Crippen molar-refractivity contribution >= 4 is 22.8 Å². The topological polar surface area (TPSA) is 60.2 Å². The van der Waals surface area contributed by atoms with Gasteiger partial charge in [-0.3, -0.25) is 0 Å². The molecule has 0 aliphatic heterocycles. The first kappa shape index (κ1) is 15.6. The van der Waals surface area contributed by atoms with E-state index in [2.05, 4.69) is 28.4 Å². The van der Waals surface area contributed by atoms with Gasteiger partial charge in [-0.15, -0.1) is 0 Å². The fourth-order valence-electron chi connectivity index (χ4n) is 2.79. The Morgan fingerprint density at radius 3 is 2.57 bits per heavy atom. The molecule has 6 heteroatoms. The number of hydrogen-bond donors (Lipinski definition) is 1. The fraction of sp³-hybridized carbons (Fsp3) is 0.294. The van der Waals surface area contributed by atoms with Crippen LogP contribution in [0, 0.1) is 6.92 Å². The molecule has 0 atom stereocenters. The number of benzene rings is 1. The molecule has 1 aromatic carbocycles. The van der Waals surface area contributed by atoms with Gasteiger partial charge in [0.05, 0.1) is 18.2 Å². The molecule has 1 N–H and O–H groups in total. The predicted molar refractivity (Wildman–Crippen MR) is 91.3 cm³/mol. The molecular weight excluding hydrogens is 314 g/mol. The molecule has 120 valence electrons. The molecule has 23 heavy (non-hydrogen) atoms. The quantitative estimate of drug-likeness (QED) is 0.774. The summed E-state index contributed by atoms with van der Waals surface area (Å²) in [5, 5.41) is 10.9. The molecule has 0 fully saturated rings. The van der Waals surface area contributed by atoms with Gasteiger partial charge in [0.15, 0.2) is 5.65 Å². The largest absolute Gasteiger partial charge is 0.507 e. The highest BCUT2D eigenvalue weighted by Gasteiger charge is 2.20. The minimum absolute atomic E-state index is 0.110. The zero-order chi connectivity index (χ0) is 16.7. The average molecular weight is 332 g/mol. The van der Waals surface area contributed by atoms with Crippen LogP contribution in [0.3, 0.4) is 0 Å². The number of pyridine rings is 1. The summed E-state index contributed by atoms with van der Waals surface area (Å²) in [6, 6.07) is 7.23. The molecule has 0 radical (unpaired) electrons. The number of aryl methyl sites for hydroxylation is 1. The van der Waals surface area contributed by atoms with E-state index in [9.17, 15) is 5.11 Å². The van der Waals surface area contributed by atoms with Gasteiger partial charge in [-0.05, 0) is 44.5 Å². The van der Waals surface area contributed by atoms with Crippen molar-refractivity contribution in [3.05, 3.63) is 34.9 Å². The summed E-state index contributed by atoms with van der Waals surface area (Å²) in [5.41, 5.74) is 3.01. The van der Waals surface area contributed by atoms with Crippen LogP contribution in [0.4, 0.5) is 0 Å². The van der Waals surface area contributed by atoms with E-state index in [1.807, 2.05) is 19.1 Å². The SMILES string of the molecule is COc1ccc2c(n1)nc(-c1c(C)cc(Cl)cc1O)n2C(C)C. The smallest absolute Gasteiger partial charge is 0.215 e. The third-order valence-corrected chi connectivity index (χ3v) is 3.98. The fourth-order valence-corrected chi connectivity index (χ4v) is 3.06. The molecule has 0 aliphatic carbocycles. The number of fused-ring (bicyclic) bond motifs is 1. The van der Waals surface area contributed by atoms with Gasteiger partial charge in [0.1, 0.15) is 11.6 Å². The van der Waals surface area contributed by atoms with Gasteiger partial charge in [0.25, 0.3) is 0 Å². The molecule has 2 aromatic heterocycles. The average Bonchev–Trinajstić information content (AvgIpc) is 2.83. The maximum atomic E-state index is 10.4. The van der Waals surface area contributed by atoms with E-state index in [-0.39, 0.29) is 11.8 Å². The van der Waals surface area contributed by atoms with Crippen LogP contribution >= 0.6 is 11.6 Å². The van der Waals surface area contributed by atoms with Gasteiger partial charge in [-0.25, -0.2) is 4.98 Å². The molecule has 0 saturated carbocycles. The lowest BCUT2D eigenvalue weighted by atomic mass is 10.1. The zero-order valence-corrected chi connectivity index (χ0v) is 14.2. The van der Waals surface area contributed by atoms with E-state index in [0.29, 0.717) is 27.9 Å². The molecule has 0 aliphatic rings. The van der Waals surface area contributed by atoms with Crippen LogP contribution in [-0.4, -0.2) is 26.8 Å². The first-order valence-corrected chi connectivity index (χ1v) is 7.72. The van der Waals surface area contributed by atoms with Gasteiger partial charge < -0.3 is 14.4 Å². The van der Waals surface area contributed by atoms with Gasteiger partial charge >= 0.3 is 0 Å². The lowest BCUT2D eigenvalue weighted by Gasteiger charge is -2.15. The van der Waals surface area contributed by atoms with Crippen molar-refractivity contribution in [2.75, 3.05) is 7.11 Å². The lowest BCUT2D eigenvalue weighted by molar-refractivity contribution is 0.399. The van der Waals surface area contributed by atoms with E-state index < -0.39 is 0 Å². The van der Waals surface area contributed by atoms with Crippen LogP contribution in [0.1, 0.15) is 25.5 Å². The summed E-state index contributed by atoms with van der Waals surface area (Å²) < 4.78 is 7.23. The summed E-state index contributed by atoms with van der Waals surface area (Å²) >= 11 is 6.01. The molecule has 0 bridgehead atoms. The standard InChI is InChI=1S/C17H18ClN3O2/c1-9(2)21-12-5-6-14(23-4)19-16(12)20-17(21)15-10(3)7-11(18)8-13(15)22/h5-9,22H,1-4H3. The number of imidazole rings is 1. The van der Waals surface area contributed by atoms with E-state index in [1.54, 1.807) is 13.2 Å². The van der Waals surface area contributed by atoms with Crippen molar-refractivity contribution in [3.63, 3.8) is 0 Å². The predicted octanol–water partition coefficient (Wildman–Crippen LogP) is 4.36. The summed E-state index contributed by atoms with van der Waals surface area (Å²) in [6.07, 6.45) is 0. The lowest BCUT2D eigenvalue weighted by Crippen LogP contribution is -2.04. The van der Waals surface area contributed by atoms with Crippen molar-refractivity contribution < 1.29 is 9.84 Å². The Kier molecular flexibility index (Phi) is 3.90. The molecule has 0 saturated heterocycles. The number of halogens is 1. The summed E-state index contributed by atoms with van der Waals surface area (Å²) in [4.78, 5) is 9.03. The van der Waals surface area contributed by atoms with Crippen LogP contribution in [-0.2, 0) is 0 Å². The highest BCUT2D eigenvalue weighted by atomic mass is 35.5. The molecule has 0 unspecified atom stereocenters. The summed E-state index contributed by atoms with van der Waals surface area (Å²) in [7, 11) is 1.57. The summed E-state index contributed by atoms with van der Waals surface area (Å²) in [5.74, 6) is 1.29. The Morgan fingerprint density at radius 1 is 1.22 bits per heavy atom. The van der Waals surface area contributed by atoms with Crippen molar-refractivity contribution in [2.45, 2.75) is 26.8 Å². The minimum Gasteiger partial charge on any atom is -0.507 e. The Morgan fingerprint density at radius 2 is 1.96 bits per heavy atom. The molecule has 5 nitrogen and oxygen atoms in total. The van der Waals surface area contributed by atoms with Gasteiger partial charge in [-0.2, -0.15) is 4.98 Å².